The Morgan fingerprint density at radius 2 is 1.87 bits per heavy atom. The van der Waals surface area contributed by atoms with Crippen LogP contribution in [0.4, 0.5) is 0 Å². The molecule has 0 aliphatic carbocycles. The summed E-state index contributed by atoms with van der Waals surface area (Å²) in [5, 5.41) is 12.4. The monoisotopic (exact) mass is 423 g/mol. The Hall–Kier alpha value is -3.62. The minimum atomic E-state index is -0.594. The van der Waals surface area contributed by atoms with Crippen molar-refractivity contribution in [3.63, 3.8) is 0 Å². The fraction of sp³-hybridized carbons (Fsp3) is 0.217. The van der Waals surface area contributed by atoms with Crippen LogP contribution in [0.5, 0.6) is 5.75 Å². The average molecular weight is 423 g/mol. The molecule has 0 radical (unpaired) electrons. The molecule has 0 fully saturated rings. The predicted molar refractivity (Wildman–Crippen MR) is 117 cm³/mol. The number of furan rings is 1. The standard InChI is InChI=1S/C23H25N3O5/c1-26(2)15-18(21-13-17-5-3-4-6-20(17)31-21)14-22(27)24-11-12-30-19-9-7-16(8-10-19)23(28)25-29/h3-10,13-14,29H,11-12,15H2,1-2H3,(H,24,27)(H,25,28)/b18-14-. The second kappa shape index (κ2) is 10.4. The molecule has 1 aromatic heterocycles. The number of para-hydroxylation sites is 1. The van der Waals surface area contributed by atoms with Gasteiger partial charge in [0, 0.05) is 29.1 Å². The number of nitrogens with one attached hydrogen (secondary N) is 2. The summed E-state index contributed by atoms with van der Waals surface area (Å²) in [5.74, 6) is 0.377. The smallest absolute Gasteiger partial charge is 0.274 e. The van der Waals surface area contributed by atoms with Crippen LogP contribution in [0.3, 0.4) is 0 Å². The first-order chi connectivity index (χ1) is 15.0. The van der Waals surface area contributed by atoms with Gasteiger partial charge in [-0.05, 0) is 50.5 Å². The normalized spacial score (nSPS) is 11.5. The number of fused-ring (bicyclic) bond motifs is 1. The number of ether oxygens (including phenoxy) is 1. The van der Waals surface area contributed by atoms with Crippen LogP contribution in [0.1, 0.15) is 16.1 Å². The molecule has 3 N–H and O–H groups in total. The van der Waals surface area contributed by atoms with Crippen molar-refractivity contribution in [1.29, 1.82) is 0 Å². The fourth-order valence-electron chi connectivity index (χ4n) is 2.99. The minimum absolute atomic E-state index is 0.240. The van der Waals surface area contributed by atoms with Crippen molar-refractivity contribution >= 4 is 28.4 Å². The van der Waals surface area contributed by atoms with E-state index in [4.69, 9.17) is 14.4 Å². The van der Waals surface area contributed by atoms with Crippen molar-refractivity contribution in [2.24, 2.45) is 0 Å². The van der Waals surface area contributed by atoms with E-state index in [-0.39, 0.29) is 12.5 Å². The third-order valence-corrected chi connectivity index (χ3v) is 4.42. The van der Waals surface area contributed by atoms with Crippen LogP contribution in [-0.4, -0.2) is 55.7 Å². The van der Waals surface area contributed by atoms with Gasteiger partial charge in [0.1, 0.15) is 23.7 Å². The van der Waals surface area contributed by atoms with Crippen LogP contribution in [-0.2, 0) is 4.79 Å². The van der Waals surface area contributed by atoms with Crippen LogP contribution in [0.25, 0.3) is 16.5 Å². The van der Waals surface area contributed by atoms with Crippen molar-refractivity contribution in [1.82, 2.24) is 15.7 Å². The summed E-state index contributed by atoms with van der Waals surface area (Å²) in [6.45, 7) is 1.12. The number of benzene rings is 2. The number of rotatable bonds is 9. The van der Waals surface area contributed by atoms with Crippen molar-refractivity contribution in [2.75, 3.05) is 33.8 Å². The molecule has 31 heavy (non-hydrogen) atoms. The van der Waals surface area contributed by atoms with Crippen molar-refractivity contribution in [2.45, 2.75) is 0 Å². The second-order valence-corrected chi connectivity index (χ2v) is 7.16. The summed E-state index contributed by atoms with van der Waals surface area (Å²) in [6.07, 6.45) is 1.54. The van der Waals surface area contributed by atoms with Crippen LogP contribution in [0.2, 0.25) is 0 Å². The van der Waals surface area contributed by atoms with Gasteiger partial charge in [-0.1, -0.05) is 18.2 Å². The minimum Gasteiger partial charge on any atom is -0.492 e. The third-order valence-electron chi connectivity index (χ3n) is 4.42. The number of carbonyl (C=O) groups is 2. The Labute approximate surface area is 180 Å². The molecule has 2 amide bonds. The maximum atomic E-state index is 12.4. The molecule has 162 valence electrons. The summed E-state index contributed by atoms with van der Waals surface area (Å²) in [5.41, 5.74) is 3.43. The molecule has 0 bridgehead atoms. The van der Waals surface area contributed by atoms with Gasteiger partial charge in [-0.15, -0.1) is 0 Å². The molecular formula is C23H25N3O5. The highest BCUT2D eigenvalue weighted by molar-refractivity contribution is 5.96. The Kier molecular flexibility index (Phi) is 7.42. The molecule has 0 atom stereocenters. The van der Waals surface area contributed by atoms with Crippen LogP contribution >= 0.6 is 0 Å². The lowest BCUT2D eigenvalue weighted by molar-refractivity contribution is -0.116. The molecule has 3 rings (SSSR count). The Morgan fingerprint density at radius 3 is 2.55 bits per heavy atom. The number of hydrogen-bond acceptors (Lipinski definition) is 6. The first-order valence-electron chi connectivity index (χ1n) is 9.75. The molecule has 3 aromatic rings. The van der Waals surface area contributed by atoms with E-state index in [2.05, 4.69) is 5.32 Å². The van der Waals surface area contributed by atoms with Gasteiger partial charge in [-0.3, -0.25) is 14.8 Å². The molecule has 0 spiro atoms. The van der Waals surface area contributed by atoms with Gasteiger partial charge in [0.05, 0.1) is 6.54 Å². The second-order valence-electron chi connectivity index (χ2n) is 7.16. The summed E-state index contributed by atoms with van der Waals surface area (Å²) in [7, 11) is 3.86. The number of hydrogen-bond donors (Lipinski definition) is 3. The number of likely N-dealkylation sites (N-methyl/N-ethyl adjacent to an activating group) is 1. The quantitative estimate of drug-likeness (QED) is 0.212. The summed E-state index contributed by atoms with van der Waals surface area (Å²) in [4.78, 5) is 25.7. The Morgan fingerprint density at radius 1 is 1.13 bits per heavy atom. The highest BCUT2D eigenvalue weighted by atomic mass is 16.5. The van der Waals surface area contributed by atoms with Crippen LogP contribution in [0, 0.1) is 0 Å². The van der Waals surface area contributed by atoms with E-state index in [0.717, 1.165) is 16.5 Å². The molecule has 8 nitrogen and oxygen atoms in total. The van der Waals surface area contributed by atoms with Gasteiger partial charge >= 0.3 is 0 Å². The van der Waals surface area contributed by atoms with E-state index in [1.807, 2.05) is 49.3 Å². The largest absolute Gasteiger partial charge is 0.492 e. The van der Waals surface area contributed by atoms with Gasteiger partial charge in [0.25, 0.3) is 5.91 Å². The van der Waals surface area contributed by atoms with Gasteiger partial charge in [0.15, 0.2) is 0 Å². The molecule has 2 aromatic carbocycles. The lowest BCUT2D eigenvalue weighted by Crippen LogP contribution is -2.27. The van der Waals surface area contributed by atoms with Gasteiger partial charge in [-0.2, -0.15) is 0 Å². The zero-order valence-corrected chi connectivity index (χ0v) is 17.4. The number of amides is 2. The topological polar surface area (TPSA) is 104 Å². The Balaban J connectivity index is 1.56. The average Bonchev–Trinajstić information content (AvgIpc) is 3.20. The van der Waals surface area contributed by atoms with E-state index >= 15 is 0 Å². The number of nitrogens with zero attached hydrogens (tertiary/aromatic N) is 1. The summed E-state index contributed by atoms with van der Waals surface area (Å²) >= 11 is 0. The highest BCUT2D eigenvalue weighted by Crippen LogP contribution is 2.25. The van der Waals surface area contributed by atoms with E-state index in [1.54, 1.807) is 23.7 Å². The molecule has 0 aliphatic rings. The van der Waals surface area contributed by atoms with Crippen molar-refractivity contribution < 1.29 is 24.0 Å². The molecule has 0 saturated carbocycles. The first-order valence-corrected chi connectivity index (χ1v) is 9.75. The fourth-order valence-corrected chi connectivity index (χ4v) is 2.99. The number of hydroxylamine groups is 1. The summed E-state index contributed by atoms with van der Waals surface area (Å²) in [6, 6.07) is 15.9. The van der Waals surface area contributed by atoms with E-state index in [9.17, 15) is 9.59 Å². The molecule has 1 heterocycles. The highest BCUT2D eigenvalue weighted by Gasteiger charge is 2.12. The van der Waals surface area contributed by atoms with Gasteiger partial charge < -0.3 is 19.4 Å². The molecule has 0 unspecified atom stereocenters. The van der Waals surface area contributed by atoms with Gasteiger partial charge in [0.2, 0.25) is 5.91 Å². The zero-order valence-electron chi connectivity index (χ0n) is 17.4. The molecule has 0 aliphatic heterocycles. The molecule has 8 heteroatoms. The van der Waals surface area contributed by atoms with E-state index in [0.29, 0.717) is 30.2 Å². The van der Waals surface area contributed by atoms with E-state index < -0.39 is 5.91 Å². The Bertz CT molecular complexity index is 1040. The SMILES string of the molecule is CN(C)C/C(=C/C(=O)NCCOc1ccc(C(=O)NO)cc1)c1cc2ccccc2o1. The van der Waals surface area contributed by atoms with Crippen LogP contribution in [0.15, 0.2) is 65.1 Å². The van der Waals surface area contributed by atoms with Crippen molar-refractivity contribution in [3.8, 4) is 5.75 Å². The third kappa shape index (κ3) is 6.18. The lowest BCUT2D eigenvalue weighted by atomic mass is 10.1. The number of carbonyl (C=O) groups excluding carboxylic acids is 2. The van der Waals surface area contributed by atoms with Gasteiger partial charge in [-0.25, -0.2) is 5.48 Å². The molecule has 0 saturated heterocycles. The first kappa shape index (κ1) is 22.1. The maximum Gasteiger partial charge on any atom is 0.274 e. The van der Waals surface area contributed by atoms with Crippen LogP contribution < -0.4 is 15.5 Å². The van der Waals surface area contributed by atoms with E-state index in [1.165, 1.54) is 12.1 Å². The maximum absolute atomic E-state index is 12.4. The predicted octanol–water partition coefficient (Wildman–Crippen LogP) is 2.69. The zero-order chi connectivity index (χ0) is 22.2. The molecular weight excluding hydrogens is 398 g/mol. The summed E-state index contributed by atoms with van der Waals surface area (Å²) < 4.78 is 11.5. The lowest BCUT2D eigenvalue weighted by Gasteiger charge is -2.12. The van der Waals surface area contributed by atoms with Crippen molar-refractivity contribution in [3.05, 3.63) is 72.0 Å².